The molecule has 0 spiro atoms. The zero-order valence-electron chi connectivity index (χ0n) is 19.9. The van der Waals surface area contributed by atoms with E-state index < -0.39 is 6.10 Å². The summed E-state index contributed by atoms with van der Waals surface area (Å²) < 4.78 is 6.12. The number of anilines is 1. The summed E-state index contributed by atoms with van der Waals surface area (Å²) in [6.07, 6.45) is 0.0827. The van der Waals surface area contributed by atoms with E-state index >= 15 is 0 Å². The zero-order chi connectivity index (χ0) is 23.1. The molecule has 0 bridgehead atoms. The Balaban J connectivity index is 1.83. The van der Waals surface area contributed by atoms with Crippen molar-refractivity contribution >= 4 is 5.69 Å². The summed E-state index contributed by atoms with van der Waals surface area (Å²) in [6, 6.07) is 26.3. The Hall–Kier alpha value is -2.82. The molecule has 0 aliphatic rings. The summed E-state index contributed by atoms with van der Waals surface area (Å²) in [5, 5.41) is 15.0. The molecule has 0 aromatic heterocycles. The van der Waals surface area contributed by atoms with E-state index in [1.54, 1.807) is 0 Å². The van der Waals surface area contributed by atoms with Gasteiger partial charge in [-0.05, 0) is 56.0 Å². The van der Waals surface area contributed by atoms with Gasteiger partial charge in [0.1, 0.15) is 12.4 Å². The average molecular weight is 433 g/mol. The van der Waals surface area contributed by atoms with Gasteiger partial charge in [-0.1, -0.05) is 66.7 Å². The van der Waals surface area contributed by atoms with Crippen molar-refractivity contribution < 1.29 is 9.84 Å². The second kappa shape index (κ2) is 10.7. The molecule has 0 heterocycles. The van der Waals surface area contributed by atoms with Crippen LogP contribution in [-0.4, -0.2) is 30.8 Å². The summed E-state index contributed by atoms with van der Waals surface area (Å²) in [5.41, 5.74) is 4.02. The summed E-state index contributed by atoms with van der Waals surface area (Å²) >= 11 is 0. The Bertz CT molecular complexity index is 966. The van der Waals surface area contributed by atoms with Gasteiger partial charge in [0.05, 0.1) is 11.8 Å². The highest BCUT2D eigenvalue weighted by molar-refractivity contribution is 5.59. The van der Waals surface area contributed by atoms with Crippen LogP contribution >= 0.6 is 0 Å². The fraction of sp³-hybridized carbons (Fsp3) is 0.357. The monoisotopic (exact) mass is 432 g/mol. The highest BCUT2D eigenvalue weighted by Crippen LogP contribution is 2.33. The first-order valence-corrected chi connectivity index (χ1v) is 11.2. The highest BCUT2D eigenvalue weighted by atomic mass is 16.5. The van der Waals surface area contributed by atoms with Gasteiger partial charge in [-0.15, -0.1) is 0 Å². The smallest absolute Gasteiger partial charge is 0.143 e. The molecule has 0 saturated carbocycles. The van der Waals surface area contributed by atoms with Gasteiger partial charge in [-0.3, -0.25) is 0 Å². The Kier molecular flexibility index (Phi) is 7.94. The largest absolute Gasteiger partial charge is 0.487 e. The molecule has 170 valence electrons. The second-order valence-electron chi connectivity index (χ2n) is 9.53. The maximum atomic E-state index is 11.4. The standard InChI is InChI=1S/C28H36N2O2/c1-28(2,3)29-24(18-21-12-8-6-9-13-21)27(31)23-16-17-26(25(19-23)30(4)5)32-20-22-14-10-7-11-15-22/h6-17,19,24,27,29,31H,18,20H2,1-5H3. The summed E-state index contributed by atoms with van der Waals surface area (Å²) in [6.45, 7) is 6.89. The lowest BCUT2D eigenvalue weighted by Crippen LogP contribution is -2.47. The quantitative estimate of drug-likeness (QED) is 0.477. The molecule has 2 atom stereocenters. The second-order valence-corrected chi connectivity index (χ2v) is 9.53. The maximum Gasteiger partial charge on any atom is 0.143 e. The molecular formula is C28H36N2O2. The van der Waals surface area contributed by atoms with Crippen LogP contribution in [0.1, 0.15) is 43.6 Å². The number of rotatable bonds is 9. The van der Waals surface area contributed by atoms with Gasteiger partial charge in [0.25, 0.3) is 0 Å². The third-order valence-electron chi connectivity index (χ3n) is 5.34. The number of ether oxygens (including phenoxy) is 1. The Labute approximate surface area is 192 Å². The van der Waals surface area contributed by atoms with E-state index in [9.17, 15) is 5.11 Å². The van der Waals surface area contributed by atoms with Crippen LogP contribution in [0.2, 0.25) is 0 Å². The predicted molar refractivity (Wildman–Crippen MR) is 133 cm³/mol. The first-order valence-electron chi connectivity index (χ1n) is 11.2. The van der Waals surface area contributed by atoms with Crippen molar-refractivity contribution in [1.29, 1.82) is 0 Å². The molecule has 3 rings (SSSR count). The molecule has 4 nitrogen and oxygen atoms in total. The normalized spacial score (nSPS) is 13.4. The van der Waals surface area contributed by atoms with Gasteiger partial charge < -0.3 is 20.1 Å². The number of aliphatic hydroxyl groups is 1. The van der Waals surface area contributed by atoms with Gasteiger partial charge >= 0.3 is 0 Å². The van der Waals surface area contributed by atoms with Crippen molar-refractivity contribution in [2.24, 2.45) is 0 Å². The fourth-order valence-corrected chi connectivity index (χ4v) is 3.82. The Morgan fingerprint density at radius 3 is 2.03 bits per heavy atom. The van der Waals surface area contributed by atoms with Crippen LogP contribution in [0.3, 0.4) is 0 Å². The van der Waals surface area contributed by atoms with Gasteiger partial charge in [0, 0.05) is 25.7 Å². The molecule has 0 amide bonds. The zero-order valence-corrected chi connectivity index (χ0v) is 19.9. The third-order valence-corrected chi connectivity index (χ3v) is 5.34. The van der Waals surface area contributed by atoms with E-state index in [1.165, 1.54) is 5.56 Å². The molecule has 0 saturated heterocycles. The van der Waals surface area contributed by atoms with Crippen molar-refractivity contribution in [3.8, 4) is 5.75 Å². The van der Waals surface area contributed by atoms with Crippen LogP contribution in [0.25, 0.3) is 0 Å². The summed E-state index contributed by atoms with van der Waals surface area (Å²) in [4.78, 5) is 2.03. The van der Waals surface area contributed by atoms with E-state index in [1.807, 2.05) is 73.6 Å². The lowest BCUT2D eigenvalue weighted by atomic mass is 9.93. The molecule has 32 heavy (non-hydrogen) atoms. The minimum atomic E-state index is -0.656. The number of benzene rings is 3. The van der Waals surface area contributed by atoms with Gasteiger partial charge in [-0.2, -0.15) is 0 Å². The van der Waals surface area contributed by atoms with Crippen molar-refractivity contribution in [2.45, 2.75) is 51.5 Å². The minimum Gasteiger partial charge on any atom is -0.487 e. The molecule has 0 radical (unpaired) electrons. The predicted octanol–water partition coefficient (Wildman–Crippen LogP) is 5.36. The van der Waals surface area contributed by atoms with Crippen LogP contribution < -0.4 is 15.0 Å². The molecule has 0 fully saturated rings. The van der Waals surface area contributed by atoms with E-state index in [-0.39, 0.29) is 11.6 Å². The van der Waals surface area contributed by atoms with E-state index in [4.69, 9.17) is 4.74 Å². The molecule has 3 aromatic carbocycles. The maximum absolute atomic E-state index is 11.4. The number of nitrogens with zero attached hydrogens (tertiary/aromatic N) is 1. The van der Waals surface area contributed by atoms with Gasteiger partial charge in [0.15, 0.2) is 0 Å². The SMILES string of the molecule is CN(C)c1cc(C(O)C(Cc2ccccc2)NC(C)(C)C)ccc1OCc1ccccc1. The van der Waals surface area contributed by atoms with Crippen LogP contribution in [0.15, 0.2) is 78.9 Å². The van der Waals surface area contributed by atoms with E-state index in [0.717, 1.165) is 29.0 Å². The van der Waals surface area contributed by atoms with Crippen LogP contribution in [0, 0.1) is 0 Å². The molecule has 3 aromatic rings. The Morgan fingerprint density at radius 2 is 1.47 bits per heavy atom. The molecule has 2 N–H and O–H groups in total. The Morgan fingerprint density at radius 1 is 0.875 bits per heavy atom. The molecule has 0 aliphatic carbocycles. The first-order chi connectivity index (χ1) is 15.2. The van der Waals surface area contributed by atoms with Crippen LogP contribution in [0.4, 0.5) is 5.69 Å². The molecular weight excluding hydrogens is 396 g/mol. The first kappa shape index (κ1) is 23.8. The van der Waals surface area contributed by atoms with Crippen molar-refractivity contribution in [1.82, 2.24) is 5.32 Å². The van der Waals surface area contributed by atoms with Crippen LogP contribution in [-0.2, 0) is 13.0 Å². The van der Waals surface area contributed by atoms with Crippen molar-refractivity contribution in [2.75, 3.05) is 19.0 Å². The number of hydrogen-bond acceptors (Lipinski definition) is 4. The topological polar surface area (TPSA) is 44.7 Å². The number of nitrogens with one attached hydrogen (secondary N) is 1. The van der Waals surface area contributed by atoms with Gasteiger partial charge in [0.2, 0.25) is 0 Å². The molecule has 2 unspecified atom stereocenters. The lowest BCUT2D eigenvalue weighted by Gasteiger charge is -2.32. The minimum absolute atomic E-state index is 0.121. The van der Waals surface area contributed by atoms with E-state index in [0.29, 0.717) is 6.61 Å². The summed E-state index contributed by atoms with van der Waals surface area (Å²) in [5.74, 6) is 0.804. The van der Waals surface area contributed by atoms with Gasteiger partial charge in [-0.25, -0.2) is 0 Å². The fourth-order valence-electron chi connectivity index (χ4n) is 3.82. The average Bonchev–Trinajstić information content (AvgIpc) is 2.77. The lowest BCUT2D eigenvalue weighted by molar-refractivity contribution is 0.113. The van der Waals surface area contributed by atoms with Crippen molar-refractivity contribution in [3.05, 3.63) is 95.6 Å². The number of hydrogen-bond donors (Lipinski definition) is 2. The van der Waals surface area contributed by atoms with Crippen LogP contribution in [0.5, 0.6) is 5.75 Å². The highest BCUT2D eigenvalue weighted by Gasteiger charge is 2.26. The summed E-state index contributed by atoms with van der Waals surface area (Å²) in [7, 11) is 3.99. The molecule has 4 heteroatoms. The third kappa shape index (κ3) is 6.84. The number of aliphatic hydroxyl groups excluding tert-OH is 1. The molecule has 0 aliphatic heterocycles. The van der Waals surface area contributed by atoms with Crippen molar-refractivity contribution in [3.63, 3.8) is 0 Å². The van der Waals surface area contributed by atoms with E-state index in [2.05, 4.69) is 50.4 Å².